The SMILES string of the molecule is C[Si](C)(C)C#Cc1cccc(-n2ccc([C@@H]3N=C(N)OCC3(CF)CF)n2)c1. The molecule has 0 radical (unpaired) electrons. The van der Waals surface area contributed by atoms with Crippen molar-refractivity contribution >= 4 is 14.1 Å². The molecule has 0 saturated heterocycles. The van der Waals surface area contributed by atoms with Crippen LogP contribution in [-0.4, -0.2) is 43.8 Å². The summed E-state index contributed by atoms with van der Waals surface area (Å²) in [7, 11) is -1.48. The minimum absolute atomic E-state index is 0.0827. The molecule has 8 heteroatoms. The molecule has 1 atom stereocenters. The zero-order valence-electron chi connectivity index (χ0n) is 16.2. The van der Waals surface area contributed by atoms with Crippen molar-refractivity contribution in [3.8, 4) is 17.2 Å². The first kappa shape index (κ1) is 20.1. The fourth-order valence-corrected chi connectivity index (χ4v) is 3.37. The van der Waals surface area contributed by atoms with Crippen molar-refractivity contribution < 1.29 is 13.5 Å². The van der Waals surface area contributed by atoms with Gasteiger partial charge in [0.2, 0.25) is 0 Å². The van der Waals surface area contributed by atoms with E-state index in [-0.39, 0.29) is 12.6 Å². The molecule has 0 saturated carbocycles. The molecule has 0 fully saturated rings. The maximum atomic E-state index is 13.7. The number of halogens is 2. The molecule has 2 aromatic rings. The van der Waals surface area contributed by atoms with Crippen LogP contribution in [0.4, 0.5) is 8.78 Å². The van der Waals surface area contributed by atoms with Crippen LogP contribution < -0.4 is 5.73 Å². The molecule has 1 aromatic carbocycles. The summed E-state index contributed by atoms with van der Waals surface area (Å²) in [5.74, 6) is 3.22. The molecule has 1 aliphatic rings. The highest BCUT2D eigenvalue weighted by Crippen LogP contribution is 2.40. The van der Waals surface area contributed by atoms with E-state index in [9.17, 15) is 8.78 Å². The lowest BCUT2D eigenvalue weighted by atomic mass is 9.81. The second-order valence-corrected chi connectivity index (χ2v) is 12.8. The largest absolute Gasteiger partial charge is 0.465 e. The molecule has 3 rings (SSSR count). The Hall–Kier alpha value is -2.66. The molecule has 0 bridgehead atoms. The summed E-state index contributed by atoms with van der Waals surface area (Å²) < 4.78 is 34.1. The van der Waals surface area contributed by atoms with E-state index in [4.69, 9.17) is 10.5 Å². The number of aliphatic imine (C=N–C) groups is 1. The van der Waals surface area contributed by atoms with Crippen LogP contribution in [0, 0.1) is 16.9 Å². The molecular weight excluding hydrogens is 378 g/mol. The number of benzene rings is 1. The second kappa shape index (κ2) is 7.76. The number of hydrogen-bond acceptors (Lipinski definition) is 4. The van der Waals surface area contributed by atoms with Crippen molar-refractivity contribution in [2.24, 2.45) is 16.1 Å². The normalized spacial score (nSPS) is 18.6. The number of nitrogens with two attached hydrogens (primary N) is 1. The monoisotopic (exact) mass is 402 g/mol. The van der Waals surface area contributed by atoms with Crippen molar-refractivity contribution in [1.82, 2.24) is 9.78 Å². The highest BCUT2D eigenvalue weighted by Gasteiger charge is 2.45. The number of amidine groups is 1. The molecule has 0 amide bonds. The van der Waals surface area contributed by atoms with Crippen LogP contribution >= 0.6 is 0 Å². The van der Waals surface area contributed by atoms with Crippen LogP contribution in [-0.2, 0) is 4.74 Å². The average Bonchev–Trinajstić information content (AvgIpc) is 3.16. The van der Waals surface area contributed by atoms with Gasteiger partial charge >= 0.3 is 0 Å². The standard InChI is InChI=1S/C20H24F2N4OSi/c1-28(2,3)10-8-15-5-4-6-16(11-15)26-9-7-17(25-26)18-20(12-21,13-22)14-27-19(23)24-18/h4-7,9,11,18H,12-14H2,1-3H3,(H2,23,24)/t18-/m0/s1. The quantitative estimate of drug-likeness (QED) is 0.630. The summed E-state index contributed by atoms with van der Waals surface area (Å²) in [5.41, 5.74) is 9.71. The van der Waals surface area contributed by atoms with E-state index in [1.54, 1.807) is 16.9 Å². The number of alkyl halides is 2. The number of ether oxygens (including phenoxy) is 1. The van der Waals surface area contributed by atoms with Gasteiger partial charge in [0.05, 0.1) is 16.8 Å². The third-order valence-electron chi connectivity index (χ3n) is 4.46. The van der Waals surface area contributed by atoms with Gasteiger partial charge in [0.15, 0.2) is 0 Å². The van der Waals surface area contributed by atoms with Gasteiger partial charge in [-0.1, -0.05) is 31.6 Å². The molecular formula is C20H24F2N4OSi. The zero-order valence-corrected chi connectivity index (χ0v) is 17.2. The van der Waals surface area contributed by atoms with Crippen LogP contribution in [0.3, 0.4) is 0 Å². The summed E-state index contributed by atoms with van der Waals surface area (Å²) in [5, 5.41) is 4.51. The minimum Gasteiger partial charge on any atom is -0.465 e. The molecule has 2 heterocycles. The minimum atomic E-state index is -1.48. The fraction of sp³-hybridized carbons (Fsp3) is 0.400. The number of hydrogen-bond donors (Lipinski definition) is 1. The Bertz CT molecular complexity index is 935. The van der Waals surface area contributed by atoms with Gasteiger partial charge in [-0.15, -0.1) is 5.54 Å². The Morgan fingerprint density at radius 2 is 2.04 bits per heavy atom. The molecule has 1 aromatic heterocycles. The summed E-state index contributed by atoms with van der Waals surface area (Å²) in [4.78, 5) is 4.13. The van der Waals surface area contributed by atoms with Crippen LogP contribution in [0.5, 0.6) is 0 Å². The highest BCUT2D eigenvalue weighted by atomic mass is 28.3. The maximum absolute atomic E-state index is 13.7. The molecule has 2 N–H and O–H groups in total. The van der Waals surface area contributed by atoms with Crippen molar-refractivity contribution in [3.05, 3.63) is 47.8 Å². The Labute approximate surface area is 164 Å². The third kappa shape index (κ3) is 4.25. The van der Waals surface area contributed by atoms with Gasteiger partial charge in [0.1, 0.15) is 34.1 Å². The van der Waals surface area contributed by atoms with Crippen molar-refractivity contribution in [2.45, 2.75) is 25.7 Å². The Morgan fingerprint density at radius 3 is 2.71 bits per heavy atom. The van der Waals surface area contributed by atoms with Gasteiger partial charge in [0.25, 0.3) is 6.02 Å². The van der Waals surface area contributed by atoms with E-state index in [1.807, 2.05) is 24.3 Å². The van der Waals surface area contributed by atoms with Gasteiger partial charge in [-0.05, 0) is 24.3 Å². The molecule has 0 spiro atoms. The van der Waals surface area contributed by atoms with E-state index in [0.29, 0.717) is 5.69 Å². The number of rotatable bonds is 4. The zero-order chi connectivity index (χ0) is 20.4. The van der Waals surface area contributed by atoms with Gasteiger partial charge < -0.3 is 10.5 Å². The van der Waals surface area contributed by atoms with E-state index < -0.39 is 32.9 Å². The van der Waals surface area contributed by atoms with Gasteiger partial charge in [0, 0.05) is 11.8 Å². The molecule has 0 unspecified atom stereocenters. The highest BCUT2D eigenvalue weighted by molar-refractivity contribution is 6.83. The first-order valence-electron chi connectivity index (χ1n) is 9.03. The van der Waals surface area contributed by atoms with Gasteiger partial charge in [-0.25, -0.2) is 9.67 Å². The smallest absolute Gasteiger partial charge is 0.282 e. The predicted octanol–water partition coefficient (Wildman–Crippen LogP) is 3.41. The maximum Gasteiger partial charge on any atom is 0.282 e. The van der Waals surface area contributed by atoms with Crippen molar-refractivity contribution in [3.63, 3.8) is 0 Å². The fourth-order valence-electron chi connectivity index (χ4n) is 2.85. The summed E-state index contributed by atoms with van der Waals surface area (Å²) >= 11 is 0. The molecule has 5 nitrogen and oxygen atoms in total. The Morgan fingerprint density at radius 1 is 1.29 bits per heavy atom. The van der Waals surface area contributed by atoms with Crippen LogP contribution in [0.1, 0.15) is 17.3 Å². The van der Waals surface area contributed by atoms with E-state index in [2.05, 4.69) is 41.2 Å². The van der Waals surface area contributed by atoms with Crippen molar-refractivity contribution in [2.75, 3.05) is 20.0 Å². The van der Waals surface area contributed by atoms with E-state index >= 15 is 0 Å². The van der Waals surface area contributed by atoms with E-state index in [1.165, 1.54) is 0 Å². The van der Waals surface area contributed by atoms with Gasteiger partial charge in [-0.3, -0.25) is 8.78 Å². The molecule has 0 aliphatic carbocycles. The van der Waals surface area contributed by atoms with Crippen LogP contribution in [0.15, 0.2) is 41.5 Å². The Balaban J connectivity index is 1.94. The predicted molar refractivity (Wildman–Crippen MR) is 108 cm³/mol. The van der Waals surface area contributed by atoms with Crippen molar-refractivity contribution in [1.29, 1.82) is 0 Å². The van der Waals surface area contributed by atoms with Crippen LogP contribution in [0.2, 0.25) is 19.6 Å². The van der Waals surface area contributed by atoms with Gasteiger partial charge in [-0.2, -0.15) is 5.10 Å². The summed E-state index contributed by atoms with van der Waals surface area (Å²) in [6.07, 6.45) is 1.74. The molecule has 148 valence electrons. The van der Waals surface area contributed by atoms with Crippen LogP contribution in [0.25, 0.3) is 5.69 Å². The lowest BCUT2D eigenvalue weighted by molar-refractivity contribution is 0.0299. The Kier molecular flexibility index (Phi) is 5.56. The first-order chi connectivity index (χ1) is 13.3. The lowest BCUT2D eigenvalue weighted by Gasteiger charge is -2.35. The number of nitrogens with zero attached hydrogens (tertiary/aromatic N) is 3. The second-order valence-electron chi connectivity index (χ2n) is 8.02. The third-order valence-corrected chi connectivity index (χ3v) is 5.33. The summed E-state index contributed by atoms with van der Waals surface area (Å²) in [6, 6.07) is 8.46. The lowest BCUT2D eigenvalue weighted by Crippen LogP contribution is -2.44. The number of aromatic nitrogens is 2. The topological polar surface area (TPSA) is 65.4 Å². The molecule has 28 heavy (non-hydrogen) atoms. The first-order valence-corrected chi connectivity index (χ1v) is 12.5. The van der Waals surface area contributed by atoms with E-state index in [0.717, 1.165) is 11.3 Å². The summed E-state index contributed by atoms with van der Waals surface area (Å²) in [6.45, 7) is 4.55. The molecule has 1 aliphatic heterocycles. The average molecular weight is 403 g/mol.